The van der Waals surface area contributed by atoms with Crippen LogP contribution in [0.5, 0.6) is 0 Å². The Morgan fingerprint density at radius 1 is 1.36 bits per heavy atom. The molecule has 1 aromatic carbocycles. The van der Waals surface area contributed by atoms with Gasteiger partial charge in [0.15, 0.2) is 0 Å². The van der Waals surface area contributed by atoms with Crippen molar-refractivity contribution in [1.29, 1.82) is 0 Å². The summed E-state index contributed by atoms with van der Waals surface area (Å²) in [5.41, 5.74) is 0.555. The molecule has 1 N–H and O–H groups in total. The zero-order valence-electron chi connectivity index (χ0n) is 7.64. The van der Waals surface area contributed by atoms with Gasteiger partial charge in [-0.2, -0.15) is 0 Å². The molecule has 0 aliphatic rings. The van der Waals surface area contributed by atoms with Gasteiger partial charge in [-0.25, -0.2) is 8.42 Å². The lowest BCUT2D eigenvalue weighted by Crippen LogP contribution is -2.12. The average Bonchev–Trinajstić information content (AvgIpc) is 2.02. The molecule has 1 atom stereocenters. The molecule has 0 radical (unpaired) electrons. The Bertz CT molecular complexity index is 397. The third-order valence-electron chi connectivity index (χ3n) is 1.72. The first-order chi connectivity index (χ1) is 6.38. The van der Waals surface area contributed by atoms with Gasteiger partial charge >= 0.3 is 0 Å². The van der Waals surface area contributed by atoms with Crippen LogP contribution in [-0.4, -0.2) is 25.5 Å². The fraction of sp³-hybridized carbons (Fsp3) is 0.333. The van der Waals surface area contributed by atoms with E-state index in [2.05, 4.69) is 0 Å². The van der Waals surface area contributed by atoms with E-state index in [0.717, 1.165) is 6.26 Å². The second-order valence-corrected chi connectivity index (χ2v) is 5.78. The molecule has 1 rings (SSSR count). The van der Waals surface area contributed by atoms with E-state index in [1.165, 1.54) is 0 Å². The van der Waals surface area contributed by atoms with Crippen molar-refractivity contribution in [3.05, 3.63) is 34.9 Å². The molecule has 0 saturated heterocycles. The van der Waals surface area contributed by atoms with Gasteiger partial charge in [-0.3, -0.25) is 0 Å². The van der Waals surface area contributed by atoms with Crippen LogP contribution in [0.1, 0.15) is 11.7 Å². The first kappa shape index (κ1) is 11.5. The largest absolute Gasteiger partial charge is 0.387 e. The summed E-state index contributed by atoms with van der Waals surface area (Å²) >= 11 is 5.65. The fourth-order valence-corrected chi connectivity index (χ4v) is 1.96. The third kappa shape index (κ3) is 3.65. The number of aliphatic hydroxyl groups is 1. The molecule has 0 aromatic heterocycles. The van der Waals surface area contributed by atoms with Crippen LogP contribution < -0.4 is 0 Å². The number of rotatable bonds is 3. The highest BCUT2D eigenvalue weighted by atomic mass is 35.5. The number of hydrogen-bond acceptors (Lipinski definition) is 3. The molecule has 0 amide bonds. The molecule has 0 saturated carbocycles. The summed E-state index contributed by atoms with van der Waals surface area (Å²) in [5, 5.41) is 10.1. The molecular weight excluding hydrogens is 224 g/mol. The van der Waals surface area contributed by atoms with E-state index in [9.17, 15) is 13.5 Å². The van der Waals surface area contributed by atoms with Crippen molar-refractivity contribution in [3.8, 4) is 0 Å². The van der Waals surface area contributed by atoms with Gasteiger partial charge < -0.3 is 5.11 Å². The molecule has 78 valence electrons. The van der Waals surface area contributed by atoms with Crippen LogP contribution in [-0.2, 0) is 9.84 Å². The lowest BCUT2D eigenvalue weighted by Gasteiger charge is -2.09. The van der Waals surface area contributed by atoms with Crippen LogP contribution >= 0.6 is 11.6 Å². The van der Waals surface area contributed by atoms with Crippen molar-refractivity contribution in [2.75, 3.05) is 12.0 Å². The third-order valence-corrected chi connectivity index (χ3v) is 2.89. The van der Waals surface area contributed by atoms with Crippen LogP contribution in [0.2, 0.25) is 5.02 Å². The first-order valence-corrected chi connectivity index (χ1v) is 6.43. The molecule has 5 heteroatoms. The van der Waals surface area contributed by atoms with E-state index in [4.69, 9.17) is 11.6 Å². The maximum absolute atomic E-state index is 10.9. The summed E-state index contributed by atoms with van der Waals surface area (Å²) in [6.45, 7) is 0. The average molecular weight is 235 g/mol. The number of sulfone groups is 1. The molecule has 0 unspecified atom stereocenters. The van der Waals surface area contributed by atoms with Crippen LogP contribution in [0.3, 0.4) is 0 Å². The quantitative estimate of drug-likeness (QED) is 0.861. The predicted octanol–water partition coefficient (Wildman–Crippen LogP) is 1.42. The van der Waals surface area contributed by atoms with Gasteiger partial charge in [0.1, 0.15) is 9.84 Å². The lowest BCUT2D eigenvalue weighted by atomic mass is 10.1. The van der Waals surface area contributed by atoms with E-state index in [1.807, 2.05) is 0 Å². The topological polar surface area (TPSA) is 54.4 Å². The van der Waals surface area contributed by atoms with E-state index in [1.54, 1.807) is 24.3 Å². The van der Waals surface area contributed by atoms with Crippen LogP contribution in [0.15, 0.2) is 24.3 Å². The Balaban J connectivity index is 2.80. The zero-order chi connectivity index (χ0) is 10.8. The summed E-state index contributed by atoms with van der Waals surface area (Å²) in [4.78, 5) is 0. The van der Waals surface area contributed by atoms with Crippen molar-refractivity contribution in [2.24, 2.45) is 0 Å². The van der Waals surface area contributed by atoms with Crippen molar-refractivity contribution in [3.63, 3.8) is 0 Å². The highest BCUT2D eigenvalue weighted by molar-refractivity contribution is 7.90. The number of hydrogen-bond donors (Lipinski definition) is 1. The number of halogens is 1. The standard InChI is InChI=1S/C9H11ClO3S/c1-14(12,13)6-9(11)7-2-4-8(10)5-3-7/h2-5,9,11H,6H2,1H3/t9-/m1/s1. The maximum Gasteiger partial charge on any atom is 0.150 e. The monoisotopic (exact) mass is 234 g/mol. The van der Waals surface area contributed by atoms with Crippen LogP contribution in [0.4, 0.5) is 0 Å². The van der Waals surface area contributed by atoms with Gasteiger partial charge in [0, 0.05) is 11.3 Å². The highest BCUT2D eigenvalue weighted by Crippen LogP contribution is 2.17. The molecule has 3 nitrogen and oxygen atoms in total. The van der Waals surface area contributed by atoms with Gasteiger partial charge in [-0.15, -0.1) is 0 Å². The fourth-order valence-electron chi connectivity index (χ4n) is 1.07. The molecule has 0 aliphatic carbocycles. The maximum atomic E-state index is 10.9. The van der Waals surface area contributed by atoms with E-state index in [0.29, 0.717) is 10.6 Å². The van der Waals surface area contributed by atoms with Gasteiger partial charge in [-0.05, 0) is 17.7 Å². The van der Waals surface area contributed by atoms with Crippen LogP contribution in [0.25, 0.3) is 0 Å². The zero-order valence-corrected chi connectivity index (χ0v) is 9.22. The minimum absolute atomic E-state index is 0.269. The summed E-state index contributed by atoms with van der Waals surface area (Å²) < 4.78 is 21.8. The summed E-state index contributed by atoms with van der Waals surface area (Å²) in [5.74, 6) is -0.269. The van der Waals surface area contributed by atoms with Crippen molar-refractivity contribution in [1.82, 2.24) is 0 Å². The van der Waals surface area contributed by atoms with Crippen LogP contribution in [0, 0.1) is 0 Å². The molecule has 0 aliphatic heterocycles. The molecule has 14 heavy (non-hydrogen) atoms. The normalized spacial score (nSPS) is 13.9. The molecular formula is C9H11ClO3S. The highest BCUT2D eigenvalue weighted by Gasteiger charge is 2.13. The number of aliphatic hydroxyl groups excluding tert-OH is 1. The Morgan fingerprint density at radius 3 is 2.29 bits per heavy atom. The van der Waals surface area contributed by atoms with E-state index in [-0.39, 0.29) is 5.75 Å². The second-order valence-electron chi connectivity index (χ2n) is 3.16. The molecule has 0 heterocycles. The van der Waals surface area contributed by atoms with Crippen molar-refractivity contribution in [2.45, 2.75) is 6.10 Å². The first-order valence-electron chi connectivity index (χ1n) is 4.00. The molecule has 0 bridgehead atoms. The van der Waals surface area contributed by atoms with Gasteiger partial charge in [0.2, 0.25) is 0 Å². The summed E-state index contributed by atoms with van der Waals surface area (Å²) in [6.07, 6.45) is 0.105. The Kier molecular flexibility index (Phi) is 3.53. The van der Waals surface area contributed by atoms with E-state index < -0.39 is 15.9 Å². The Hall–Kier alpha value is -0.580. The number of benzene rings is 1. The van der Waals surface area contributed by atoms with Gasteiger partial charge in [0.05, 0.1) is 11.9 Å². The van der Waals surface area contributed by atoms with Crippen molar-refractivity contribution < 1.29 is 13.5 Å². The Morgan fingerprint density at radius 2 is 1.86 bits per heavy atom. The second kappa shape index (κ2) is 4.29. The summed E-state index contributed by atoms with van der Waals surface area (Å²) in [6, 6.07) is 6.45. The lowest BCUT2D eigenvalue weighted by molar-refractivity contribution is 0.202. The smallest absolute Gasteiger partial charge is 0.150 e. The van der Waals surface area contributed by atoms with E-state index >= 15 is 0 Å². The predicted molar refractivity (Wildman–Crippen MR) is 56.1 cm³/mol. The molecule has 0 spiro atoms. The van der Waals surface area contributed by atoms with Gasteiger partial charge in [0.25, 0.3) is 0 Å². The Labute approximate surface area is 88.2 Å². The van der Waals surface area contributed by atoms with Crippen molar-refractivity contribution >= 4 is 21.4 Å². The molecule has 0 fully saturated rings. The molecule has 1 aromatic rings. The SMILES string of the molecule is CS(=O)(=O)C[C@@H](O)c1ccc(Cl)cc1. The van der Waals surface area contributed by atoms with Gasteiger partial charge in [-0.1, -0.05) is 23.7 Å². The summed E-state index contributed by atoms with van der Waals surface area (Å²) in [7, 11) is -3.16. The minimum Gasteiger partial charge on any atom is -0.387 e. The minimum atomic E-state index is -3.16.